The molecule has 94 valence electrons. The molecule has 5 heteroatoms. The normalized spacial score (nSPS) is 14.4. The molecule has 0 amide bonds. The average Bonchev–Trinajstić information content (AvgIpc) is 2.58. The van der Waals surface area contributed by atoms with Gasteiger partial charge in [-0.1, -0.05) is 0 Å². The van der Waals surface area contributed by atoms with E-state index in [-0.39, 0.29) is 6.42 Å². The van der Waals surface area contributed by atoms with Crippen molar-refractivity contribution in [3.63, 3.8) is 0 Å². The topological polar surface area (TPSA) is 55.8 Å². The highest BCUT2D eigenvalue weighted by molar-refractivity contribution is 7.17. The van der Waals surface area contributed by atoms with Crippen LogP contribution in [0, 0.1) is 0 Å². The Morgan fingerprint density at radius 1 is 1.28 bits per heavy atom. The molecule has 1 aliphatic rings. The van der Waals surface area contributed by atoms with Gasteiger partial charge < -0.3 is 14.6 Å². The fourth-order valence-electron chi connectivity index (χ4n) is 2.04. The highest BCUT2D eigenvalue weighted by Crippen LogP contribution is 2.38. The molecule has 1 N–H and O–H groups in total. The molecule has 0 radical (unpaired) electrons. The van der Waals surface area contributed by atoms with Crippen molar-refractivity contribution < 1.29 is 19.4 Å². The molecule has 0 spiro atoms. The maximum atomic E-state index is 10.8. The Labute approximate surface area is 108 Å². The van der Waals surface area contributed by atoms with Gasteiger partial charge in [0.05, 0.1) is 19.6 Å². The predicted octanol–water partition coefficient (Wildman–Crippen LogP) is 2.69. The number of carboxylic acid groups (broad SMARTS) is 1. The molecule has 0 bridgehead atoms. The van der Waals surface area contributed by atoms with Crippen molar-refractivity contribution in [3.8, 4) is 11.5 Å². The smallest absolute Gasteiger partial charge is 0.307 e. The number of carbonyl (C=O) groups is 1. The van der Waals surface area contributed by atoms with Crippen LogP contribution in [0.5, 0.6) is 11.5 Å². The summed E-state index contributed by atoms with van der Waals surface area (Å²) in [6.07, 6.45) is 0.907. The Morgan fingerprint density at radius 2 is 2.00 bits per heavy atom. The lowest BCUT2D eigenvalue weighted by Gasteiger charge is -2.07. The summed E-state index contributed by atoms with van der Waals surface area (Å²) in [5.74, 6) is 0.649. The minimum absolute atomic E-state index is 0.0413. The van der Waals surface area contributed by atoms with Gasteiger partial charge in [-0.15, -0.1) is 11.3 Å². The first-order valence-corrected chi connectivity index (χ1v) is 6.63. The third kappa shape index (κ3) is 2.01. The summed E-state index contributed by atoms with van der Waals surface area (Å²) in [6.45, 7) is 1.29. The first kappa shape index (κ1) is 11.3. The summed E-state index contributed by atoms with van der Waals surface area (Å²) in [5.41, 5.74) is 0.832. The van der Waals surface area contributed by atoms with Crippen molar-refractivity contribution in [2.45, 2.75) is 12.8 Å². The van der Waals surface area contributed by atoms with Crippen LogP contribution in [-0.4, -0.2) is 24.3 Å². The monoisotopic (exact) mass is 264 g/mol. The lowest BCUT2D eigenvalue weighted by Crippen LogP contribution is -1.99. The summed E-state index contributed by atoms with van der Waals surface area (Å²) >= 11 is 1.54. The molecule has 1 aliphatic heterocycles. The van der Waals surface area contributed by atoms with E-state index in [4.69, 9.17) is 14.6 Å². The van der Waals surface area contributed by atoms with E-state index >= 15 is 0 Å². The standard InChI is InChI=1S/C13H12O4S/c14-13(15)4-8-7-18-12-6-11-10(5-9(8)12)16-2-1-3-17-11/h5-7H,1-4H2,(H,14,15). The van der Waals surface area contributed by atoms with Gasteiger partial charge in [-0.2, -0.15) is 0 Å². The summed E-state index contributed by atoms with van der Waals surface area (Å²) in [7, 11) is 0. The lowest BCUT2D eigenvalue weighted by atomic mass is 10.1. The van der Waals surface area contributed by atoms with E-state index < -0.39 is 5.97 Å². The zero-order chi connectivity index (χ0) is 12.5. The Balaban J connectivity index is 2.09. The van der Waals surface area contributed by atoms with Crippen molar-refractivity contribution >= 4 is 27.4 Å². The highest BCUT2D eigenvalue weighted by atomic mass is 32.1. The van der Waals surface area contributed by atoms with E-state index in [1.165, 1.54) is 11.3 Å². The van der Waals surface area contributed by atoms with E-state index in [0.29, 0.717) is 19.0 Å². The average molecular weight is 264 g/mol. The number of hydrogen-bond acceptors (Lipinski definition) is 4. The molecule has 3 rings (SSSR count). The molecule has 0 aliphatic carbocycles. The van der Waals surface area contributed by atoms with Crippen LogP contribution < -0.4 is 9.47 Å². The number of carboxylic acids is 1. The van der Waals surface area contributed by atoms with Crippen molar-refractivity contribution in [1.82, 2.24) is 0 Å². The van der Waals surface area contributed by atoms with E-state index in [0.717, 1.165) is 27.8 Å². The SMILES string of the molecule is O=C(O)Cc1csc2cc3c(cc12)OCCCO3. The van der Waals surface area contributed by atoms with E-state index in [9.17, 15) is 4.79 Å². The Hall–Kier alpha value is -1.75. The molecule has 2 aromatic rings. The van der Waals surface area contributed by atoms with E-state index in [2.05, 4.69) is 0 Å². The van der Waals surface area contributed by atoms with Crippen LogP contribution in [-0.2, 0) is 11.2 Å². The fraction of sp³-hybridized carbons (Fsp3) is 0.308. The third-order valence-corrected chi connectivity index (χ3v) is 3.86. The van der Waals surface area contributed by atoms with Gasteiger partial charge in [-0.05, 0) is 17.0 Å². The maximum Gasteiger partial charge on any atom is 0.307 e. The zero-order valence-electron chi connectivity index (χ0n) is 9.64. The Kier molecular flexibility index (Phi) is 2.83. The highest BCUT2D eigenvalue weighted by Gasteiger charge is 2.15. The fourth-order valence-corrected chi connectivity index (χ4v) is 3.01. The van der Waals surface area contributed by atoms with Gasteiger partial charge in [0.15, 0.2) is 11.5 Å². The van der Waals surface area contributed by atoms with Crippen LogP contribution in [0.1, 0.15) is 12.0 Å². The molecule has 0 atom stereocenters. The Morgan fingerprint density at radius 3 is 2.72 bits per heavy atom. The summed E-state index contributed by atoms with van der Waals surface area (Å²) in [5, 5.41) is 11.7. The zero-order valence-corrected chi connectivity index (χ0v) is 10.5. The molecule has 0 unspecified atom stereocenters. The molecule has 4 nitrogen and oxygen atoms in total. The molecular formula is C13H12O4S. The number of aliphatic carboxylic acids is 1. The quantitative estimate of drug-likeness (QED) is 0.906. The van der Waals surface area contributed by atoms with E-state index in [1.54, 1.807) is 0 Å². The first-order chi connectivity index (χ1) is 8.74. The second kappa shape index (κ2) is 4.49. The number of benzene rings is 1. The number of thiophene rings is 1. The number of rotatable bonds is 2. The number of fused-ring (bicyclic) bond motifs is 2. The molecule has 1 aromatic heterocycles. The molecule has 1 aromatic carbocycles. The van der Waals surface area contributed by atoms with Gasteiger partial charge in [0.1, 0.15) is 0 Å². The molecule has 2 heterocycles. The van der Waals surface area contributed by atoms with E-state index in [1.807, 2.05) is 17.5 Å². The van der Waals surface area contributed by atoms with Crippen LogP contribution in [0.25, 0.3) is 10.1 Å². The lowest BCUT2D eigenvalue weighted by molar-refractivity contribution is -0.136. The van der Waals surface area contributed by atoms with Gasteiger partial charge in [-0.25, -0.2) is 0 Å². The van der Waals surface area contributed by atoms with Gasteiger partial charge in [0.25, 0.3) is 0 Å². The third-order valence-electron chi connectivity index (χ3n) is 2.87. The van der Waals surface area contributed by atoms with Crippen LogP contribution >= 0.6 is 11.3 Å². The molecule has 0 saturated carbocycles. The van der Waals surface area contributed by atoms with Gasteiger partial charge in [0.2, 0.25) is 0 Å². The summed E-state index contributed by atoms with van der Waals surface area (Å²) < 4.78 is 12.3. The Bertz CT molecular complexity index is 602. The largest absolute Gasteiger partial charge is 0.490 e. The maximum absolute atomic E-state index is 10.8. The van der Waals surface area contributed by atoms with Crippen LogP contribution in [0.3, 0.4) is 0 Å². The van der Waals surface area contributed by atoms with Gasteiger partial charge in [-0.3, -0.25) is 4.79 Å². The van der Waals surface area contributed by atoms with Gasteiger partial charge in [0, 0.05) is 22.6 Å². The van der Waals surface area contributed by atoms with Gasteiger partial charge >= 0.3 is 5.97 Å². The van der Waals surface area contributed by atoms with Crippen molar-refractivity contribution in [2.75, 3.05) is 13.2 Å². The van der Waals surface area contributed by atoms with Crippen LogP contribution in [0.2, 0.25) is 0 Å². The second-order valence-corrected chi connectivity index (χ2v) is 5.09. The molecule has 0 fully saturated rings. The van der Waals surface area contributed by atoms with Crippen molar-refractivity contribution in [2.24, 2.45) is 0 Å². The summed E-state index contributed by atoms with van der Waals surface area (Å²) in [4.78, 5) is 10.8. The molecule has 18 heavy (non-hydrogen) atoms. The minimum atomic E-state index is -0.818. The molecular weight excluding hydrogens is 252 g/mol. The van der Waals surface area contributed by atoms with Crippen LogP contribution in [0.4, 0.5) is 0 Å². The van der Waals surface area contributed by atoms with Crippen molar-refractivity contribution in [1.29, 1.82) is 0 Å². The van der Waals surface area contributed by atoms with Crippen LogP contribution in [0.15, 0.2) is 17.5 Å². The number of ether oxygens (including phenoxy) is 2. The minimum Gasteiger partial charge on any atom is -0.490 e. The predicted molar refractivity (Wildman–Crippen MR) is 68.8 cm³/mol. The molecule has 0 saturated heterocycles. The second-order valence-electron chi connectivity index (χ2n) is 4.18. The summed E-state index contributed by atoms with van der Waals surface area (Å²) in [6, 6.07) is 3.83. The first-order valence-electron chi connectivity index (χ1n) is 5.75. The van der Waals surface area contributed by atoms with Crippen molar-refractivity contribution in [3.05, 3.63) is 23.1 Å². The number of hydrogen-bond donors (Lipinski definition) is 1.